The number of aliphatic imine (C=N–C) groups is 1. The van der Waals surface area contributed by atoms with Crippen LogP contribution in [0.25, 0.3) is 0 Å². The number of ether oxygens (including phenoxy) is 2. The molecule has 7 heteroatoms. The summed E-state index contributed by atoms with van der Waals surface area (Å²) in [5.41, 5.74) is 2.46. The Balaban J connectivity index is 1.36. The van der Waals surface area contributed by atoms with E-state index in [0.29, 0.717) is 25.7 Å². The number of benzene rings is 1. The first-order chi connectivity index (χ1) is 13.2. The molecule has 3 heterocycles. The van der Waals surface area contributed by atoms with Crippen LogP contribution in [-0.4, -0.2) is 54.0 Å². The first kappa shape index (κ1) is 17.7. The van der Waals surface area contributed by atoms with Crippen molar-refractivity contribution in [3.05, 3.63) is 41.7 Å². The Morgan fingerprint density at radius 2 is 2.15 bits per heavy atom. The molecule has 144 valence electrons. The summed E-state index contributed by atoms with van der Waals surface area (Å²) in [5.74, 6) is 3.11. The lowest BCUT2D eigenvalue weighted by atomic mass is 10.0. The molecule has 0 radical (unpaired) electrons. The molecule has 2 aromatic rings. The maximum Gasteiger partial charge on any atom is 0.193 e. The molecule has 2 aliphatic heterocycles. The third-order valence-electron chi connectivity index (χ3n) is 5.16. The van der Waals surface area contributed by atoms with Gasteiger partial charge in [0.15, 0.2) is 17.5 Å². The fraction of sp³-hybridized carbons (Fsp3) is 0.500. The van der Waals surface area contributed by atoms with Crippen LogP contribution in [0.2, 0.25) is 0 Å². The highest BCUT2D eigenvalue weighted by molar-refractivity contribution is 5.80. The number of fused-ring (bicyclic) bond motifs is 1. The zero-order valence-electron chi connectivity index (χ0n) is 16.0. The summed E-state index contributed by atoms with van der Waals surface area (Å²) in [6.07, 6.45) is 6.13. The summed E-state index contributed by atoms with van der Waals surface area (Å²) >= 11 is 0. The van der Waals surface area contributed by atoms with E-state index in [1.807, 2.05) is 31.0 Å². The summed E-state index contributed by atoms with van der Waals surface area (Å²) in [6, 6.07) is 6.13. The molecule has 0 saturated carbocycles. The van der Waals surface area contributed by atoms with Crippen LogP contribution in [0.1, 0.15) is 29.9 Å². The van der Waals surface area contributed by atoms with Crippen molar-refractivity contribution in [1.82, 2.24) is 20.0 Å². The Kier molecular flexibility index (Phi) is 5.18. The van der Waals surface area contributed by atoms with Gasteiger partial charge < -0.3 is 19.7 Å². The molecule has 2 aliphatic rings. The van der Waals surface area contributed by atoms with Crippen LogP contribution in [0.3, 0.4) is 0 Å². The molecule has 0 amide bonds. The van der Waals surface area contributed by atoms with E-state index in [2.05, 4.69) is 38.6 Å². The van der Waals surface area contributed by atoms with Crippen molar-refractivity contribution in [1.29, 1.82) is 0 Å². The maximum atomic E-state index is 5.79. The van der Waals surface area contributed by atoms with E-state index in [4.69, 9.17) is 9.47 Å². The maximum absolute atomic E-state index is 5.79. The Morgan fingerprint density at radius 1 is 1.30 bits per heavy atom. The van der Waals surface area contributed by atoms with Crippen molar-refractivity contribution >= 4 is 5.96 Å². The van der Waals surface area contributed by atoms with Crippen molar-refractivity contribution in [3.63, 3.8) is 0 Å². The first-order valence-corrected chi connectivity index (χ1v) is 9.55. The third-order valence-corrected chi connectivity index (χ3v) is 5.16. The molecule has 0 aliphatic carbocycles. The van der Waals surface area contributed by atoms with Gasteiger partial charge in [-0.15, -0.1) is 0 Å². The lowest BCUT2D eigenvalue weighted by Crippen LogP contribution is -2.39. The molecule has 1 saturated heterocycles. The zero-order chi connectivity index (χ0) is 18.6. The van der Waals surface area contributed by atoms with E-state index in [1.54, 1.807) is 0 Å². The van der Waals surface area contributed by atoms with Gasteiger partial charge in [0, 0.05) is 52.3 Å². The van der Waals surface area contributed by atoms with E-state index in [0.717, 1.165) is 49.0 Å². The highest BCUT2D eigenvalue weighted by Gasteiger charge is 2.26. The predicted octanol–water partition coefficient (Wildman–Crippen LogP) is 2.15. The molecular formula is C20H27N5O2. The summed E-state index contributed by atoms with van der Waals surface area (Å²) in [6.45, 7) is 4.09. The van der Waals surface area contributed by atoms with Crippen LogP contribution in [-0.2, 0) is 13.6 Å². The molecule has 1 unspecified atom stereocenters. The molecule has 7 nitrogen and oxygen atoms in total. The van der Waals surface area contributed by atoms with Crippen molar-refractivity contribution < 1.29 is 9.47 Å². The SMILES string of the molecule is CN=C(NCc1ccc2c(c1)OCCCO2)N1CCC(c2cnn(C)c2)C1. The number of guanidine groups is 1. The Morgan fingerprint density at radius 3 is 2.93 bits per heavy atom. The molecule has 4 rings (SSSR count). The summed E-state index contributed by atoms with van der Waals surface area (Å²) < 4.78 is 13.4. The van der Waals surface area contributed by atoms with Gasteiger partial charge in [-0.2, -0.15) is 5.10 Å². The molecular weight excluding hydrogens is 342 g/mol. The number of aryl methyl sites for hydroxylation is 1. The van der Waals surface area contributed by atoms with E-state index in [9.17, 15) is 0 Å². The molecule has 0 spiro atoms. The Bertz CT molecular complexity index is 816. The van der Waals surface area contributed by atoms with Gasteiger partial charge in [-0.05, 0) is 29.7 Å². The average Bonchev–Trinajstić information content (AvgIpc) is 3.26. The smallest absolute Gasteiger partial charge is 0.193 e. The van der Waals surface area contributed by atoms with Crippen molar-refractivity contribution in [2.24, 2.45) is 12.0 Å². The van der Waals surface area contributed by atoms with Gasteiger partial charge in [0.05, 0.1) is 19.4 Å². The number of rotatable bonds is 3. The minimum Gasteiger partial charge on any atom is -0.490 e. The van der Waals surface area contributed by atoms with Gasteiger partial charge in [0.1, 0.15) is 0 Å². The highest BCUT2D eigenvalue weighted by Crippen LogP contribution is 2.30. The fourth-order valence-electron chi connectivity index (χ4n) is 3.71. The number of nitrogens with zero attached hydrogens (tertiary/aromatic N) is 4. The molecule has 1 aromatic carbocycles. The quantitative estimate of drug-likeness (QED) is 0.663. The van der Waals surface area contributed by atoms with Gasteiger partial charge in [0.2, 0.25) is 0 Å². The van der Waals surface area contributed by atoms with Gasteiger partial charge >= 0.3 is 0 Å². The van der Waals surface area contributed by atoms with Crippen molar-refractivity contribution in [2.45, 2.75) is 25.3 Å². The normalized spacial score (nSPS) is 19.9. The largest absolute Gasteiger partial charge is 0.490 e. The fourth-order valence-corrected chi connectivity index (χ4v) is 3.71. The lowest BCUT2D eigenvalue weighted by Gasteiger charge is -2.22. The van der Waals surface area contributed by atoms with Crippen molar-refractivity contribution in [2.75, 3.05) is 33.4 Å². The summed E-state index contributed by atoms with van der Waals surface area (Å²) in [5, 5.41) is 7.79. The Labute approximate surface area is 160 Å². The molecule has 27 heavy (non-hydrogen) atoms. The van der Waals surface area contributed by atoms with Crippen LogP contribution in [0.15, 0.2) is 35.6 Å². The monoisotopic (exact) mass is 369 g/mol. The standard InChI is InChI=1S/C20H27N5O2/c1-21-20(25-7-6-16(14-25)17-12-23-24(2)13-17)22-11-15-4-5-18-19(10-15)27-9-3-8-26-18/h4-5,10,12-13,16H,3,6-9,11,14H2,1-2H3,(H,21,22). The summed E-state index contributed by atoms with van der Waals surface area (Å²) in [7, 11) is 3.81. The Hall–Kier alpha value is -2.70. The van der Waals surface area contributed by atoms with Gasteiger partial charge in [-0.25, -0.2) is 0 Å². The molecule has 0 bridgehead atoms. The van der Waals surface area contributed by atoms with E-state index in [1.165, 1.54) is 5.56 Å². The second-order valence-electron chi connectivity index (χ2n) is 7.11. The van der Waals surface area contributed by atoms with E-state index < -0.39 is 0 Å². The molecule has 1 fully saturated rings. The lowest BCUT2D eigenvalue weighted by molar-refractivity contribution is 0.297. The topological polar surface area (TPSA) is 63.9 Å². The summed E-state index contributed by atoms with van der Waals surface area (Å²) in [4.78, 5) is 6.80. The first-order valence-electron chi connectivity index (χ1n) is 9.55. The number of likely N-dealkylation sites (tertiary alicyclic amines) is 1. The molecule has 1 N–H and O–H groups in total. The van der Waals surface area contributed by atoms with Gasteiger partial charge in [-0.1, -0.05) is 6.07 Å². The number of aromatic nitrogens is 2. The van der Waals surface area contributed by atoms with E-state index >= 15 is 0 Å². The minimum absolute atomic E-state index is 0.510. The average molecular weight is 369 g/mol. The second-order valence-corrected chi connectivity index (χ2v) is 7.11. The van der Waals surface area contributed by atoms with Crippen LogP contribution in [0.5, 0.6) is 11.5 Å². The van der Waals surface area contributed by atoms with Crippen LogP contribution >= 0.6 is 0 Å². The number of hydrogen-bond donors (Lipinski definition) is 1. The van der Waals surface area contributed by atoms with Crippen LogP contribution in [0.4, 0.5) is 0 Å². The number of hydrogen-bond acceptors (Lipinski definition) is 4. The van der Waals surface area contributed by atoms with Crippen molar-refractivity contribution in [3.8, 4) is 11.5 Å². The third kappa shape index (κ3) is 4.02. The zero-order valence-corrected chi connectivity index (χ0v) is 16.0. The van der Waals surface area contributed by atoms with Crippen LogP contribution in [0, 0.1) is 0 Å². The van der Waals surface area contributed by atoms with Gasteiger partial charge in [-0.3, -0.25) is 9.67 Å². The molecule has 1 aromatic heterocycles. The minimum atomic E-state index is 0.510. The van der Waals surface area contributed by atoms with Gasteiger partial charge in [0.25, 0.3) is 0 Å². The predicted molar refractivity (Wildman–Crippen MR) is 104 cm³/mol. The number of nitrogens with one attached hydrogen (secondary N) is 1. The van der Waals surface area contributed by atoms with E-state index in [-0.39, 0.29) is 0 Å². The molecule has 1 atom stereocenters. The second kappa shape index (κ2) is 7.90. The van der Waals surface area contributed by atoms with Crippen LogP contribution < -0.4 is 14.8 Å². The highest BCUT2D eigenvalue weighted by atomic mass is 16.5.